The smallest absolute Gasteiger partial charge is 0.486 e. The molecule has 6 rings (SSSR count). The average molecular weight is 548 g/mol. The SMILES string of the molecule is COC(=O)OCOc1c2n(ccc1=O)N1CN(C2=O)C2(/C=C/COc3c(F)cccc3[C@H]1c1ccccc1)CC2. The van der Waals surface area contributed by atoms with Crippen LogP contribution in [0.5, 0.6) is 11.5 Å². The molecule has 0 radical (unpaired) electrons. The lowest BCUT2D eigenvalue weighted by Crippen LogP contribution is -2.58. The molecule has 2 aliphatic heterocycles. The Kier molecular flexibility index (Phi) is 6.41. The maximum Gasteiger partial charge on any atom is 0.510 e. The molecular weight excluding hydrogens is 521 g/mol. The molecule has 2 aromatic carbocycles. The Labute approximate surface area is 228 Å². The zero-order valence-corrected chi connectivity index (χ0v) is 21.6. The van der Waals surface area contributed by atoms with Crippen molar-refractivity contribution in [3.8, 4) is 11.5 Å². The molecule has 206 valence electrons. The molecule has 40 heavy (non-hydrogen) atoms. The maximum absolute atomic E-state index is 15.3. The van der Waals surface area contributed by atoms with Crippen molar-refractivity contribution in [2.75, 3.05) is 32.2 Å². The molecule has 3 aromatic rings. The first-order valence-corrected chi connectivity index (χ1v) is 12.8. The van der Waals surface area contributed by atoms with Gasteiger partial charge >= 0.3 is 6.16 Å². The Morgan fingerprint density at radius 1 is 1.10 bits per heavy atom. The van der Waals surface area contributed by atoms with Gasteiger partial charge in [-0.15, -0.1) is 0 Å². The van der Waals surface area contributed by atoms with E-state index in [1.807, 2.05) is 41.4 Å². The van der Waals surface area contributed by atoms with E-state index in [2.05, 4.69) is 4.74 Å². The molecule has 0 N–H and O–H groups in total. The van der Waals surface area contributed by atoms with E-state index in [0.717, 1.165) is 12.7 Å². The van der Waals surface area contributed by atoms with Crippen LogP contribution in [0.3, 0.4) is 0 Å². The molecule has 10 nitrogen and oxygen atoms in total. The summed E-state index contributed by atoms with van der Waals surface area (Å²) in [5.74, 6) is -1.11. The normalized spacial score (nSPS) is 19.4. The highest BCUT2D eigenvalue weighted by molar-refractivity contribution is 5.97. The number of halogens is 1. The number of carbonyl (C=O) groups is 2. The van der Waals surface area contributed by atoms with E-state index in [-0.39, 0.29) is 30.5 Å². The van der Waals surface area contributed by atoms with Crippen molar-refractivity contribution < 1.29 is 32.9 Å². The van der Waals surface area contributed by atoms with Gasteiger partial charge in [-0.2, -0.15) is 0 Å². The van der Waals surface area contributed by atoms with Crippen LogP contribution < -0.4 is 19.9 Å². The van der Waals surface area contributed by atoms with Gasteiger partial charge in [-0.1, -0.05) is 48.5 Å². The van der Waals surface area contributed by atoms with Gasteiger partial charge in [0, 0.05) is 17.8 Å². The van der Waals surface area contributed by atoms with E-state index in [4.69, 9.17) is 14.2 Å². The summed E-state index contributed by atoms with van der Waals surface area (Å²) in [6, 6.07) is 14.8. The highest BCUT2D eigenvalue weighted by atomic mass is 19.1. The molecule has 1 spiro atoms. The van der Waals surface area contributed by atoms with E-state index < -0.39 is 41.7 Å². The Morgan fingerprint density at radius 3 is 2.65 bits per heavy atom. The number of rotatable bonds is 4. The number of aromatic nitrogens is 1. The van der Waals surface area contributed by atoms with Crippen LogP contribution in [-0.2, 0) is 9.47 Å². The fourth-order valence-electron chi connectivity index (χ4n) is 5.30. The second-order valence-electron chi connectivity index (χ2n) is 9.67. The Balaban J connectivity index is 1.58. The maximum atomic E-state index is 15.3. The van der Waals surface area contributed by atoms with E-state index >= 15 is 4.39 Å². The van der Waals surface area contributed by atoms with Crippen molar-refractivity contribution in [2.24, 2.45) is 0 Å². The number of hydrogen-bond donors (Lipinski definition) is 0. The molecular formula is C29H26FN3O7. The largest absolute Gasteiger partial charge is 0.510 e. The van der Waals surface area contributed by atoms with Gasteiger partial charge in [0.1, 0.15) is 19.3 Å². The average Bonchev–Trinajstić information content (AvgIpc) is 3.75. The minimum absolute atomic E-state index is 0.0362. The van der Waals surface area contributed by atoms with Crippen LogP contribution in [0, 0.1) is 5.82 Å². The number of pyridine rings is 1. The number of amides is 1. The van der Waals surface area contributed by atoms with E-state index in [1.54, 1.807) is 27.8 Å². The van der Waals surface area contributed by atoms with Gasteiger partial charge in [0.15, 0.2) is 17.3 Å². The molecule has 1 aliphatic carbocycles. The fraction of sp³-hybridized carbons (Fsp3) is 0.276. The number of hydrogen-bond acceptors (Lipinski definition) is 8. The van der Waals surface area contributed by atoms with Crippen LogP contribution in [0.25, 0.3) is 0 Å². The van der Waals surface area contributed by atoms with Crippen LogP contribution in [0.4, 0.5) is 9.18 Å². The molecule has 3 heterocycles. The van der Waals surface area contributed by atoms with Crippen LogP contribution >= 0.6 is 0 Å². The first-order chi connectivity index (χ1) is 19.4. The van der Waals surface area contributed by atoms with Crippen LogP contribution in [0.1, 0.15) is 40.5 Å². The molecule has 1 aromatic heterocycles. The number of nitrogens with zero attached hydrogens (tertiary/aromatic N) is 3. The number of methoxy groups -OCH3 is 1. The summed E-state index contributed by atoms with van der Waals surface area (Å²) >= 11 is 0. The van der Waals surface area contributed by atoms with Crippen LogP contribution in [0.15, 0.2) is 77.7 Å². The first-order valence-electron chi connectivity index (χ1n) is 12.8. The predicted molar refractivity (Wildman–Crippen MR) is 140 cm³/mol. The summed E-state index contributed by atoms with van der Waals surface area (Å²) < 4.78 is 37.7. The number of benzene rings is 2. The van der Waals surface area contributed by atoms with Crippen molar-refractivity contribution >= 4 is 12.1 Å². The standard InChI is InChI=1S/C29H26FN3O7/c1-37-28(36)40-18-39-26-22(34)11-15-32-24(26)27(35)31-17-33(32)23(19-7-3-2-4-8-19)20-9-5-10-21(30)25(20)38-16-6-12-29(31)13-14-29/h2-12,15,23H,13-14,16-18H2,1H3/b12-6+/t23-/m1/s1. The Bertz CT molecular complexity index is 1550. The highest BCUT2D eigenvalue weighted by Crippen LogP contribution is 2.47. The van der Waals surface area contributed by atoms with Crippen LogP contribution in [0.2, 0.25) is 0 Å². The molecule has 1 saturated carbocycles. The van der Waals surface area contributed by atoms with E-state index in [1.165, 1.54) is 18.3 Å². The molecule has 3 aliphatic rings. The van der Waals surface area contributed by atoms with Crippen molar-refractivity contribution in [3.63, 3.8) is 0 Å². The summed E-state index contributed by atoms with van der Waals surface area (Å²) in [4.78, 5) is 40.3. The first kappa shape index (κ1) is 25.5. The van der Waals surface area contributed by atoms with Crippen LogP contribution in [-0.4, -0.2) is 54.4 Å². The molecule has 0 unspecified atom stereocenters. The van der Waals surface area contributed by atoms with E-state index in [9.17, 15) is 14.4 Å². The second-order valence-corrected chi connectivity index (χ2v) is 9.67. The highest BCUT2D eigenvalue weighted by Gasteiger charge is 2.52. The van der Waals surface area contributed by atoms with Crippen molar-refractivity contribution in [3.05, 3.63) is 106 Å². The van der Waals surface area contributed by atoms with Gasteiger partial charge in [0.2, 0.25) is 18.0 Å². The molecule has 1 atom stereocenters. The van der Waals surface area contributed by atoms with Crippen molar-refractivity contribution in [1.29, 1.82) is 0 Å². The van der Waals surface area contributed by atoms with Gasteiger partial charge in [0.25, 0.3) is 5.91 Å². The summed E-state index contributed by atoms with van der Waals surface area (Å²) in [5.41, 5.74) is 0.148. The van der Waals surface area contributed by atoms with Gasteiger partial charge in [0.05, 0.1) is 12.6 Å². The minimum atomic E-state index is -0.997. The lowest BCUT2D eigenvalue weighted by molar-refractivity contribution is 0.0133. The molecule has 0 saturated heterocycles. The summed E-state index contributed by atoms with van der Waals surface area (Å²) in [5, 5.41) is 1.88. The topological polar surface area (TPSA) is 99.5 Å². The van der Waals surface area contributed by atoms with E-state index in [0.29, 0.717) is 18.4 Å². The predicted octanol–water partition coefficient (Wildman–Crippen LogP) is 3.73. The number of fused-ring (bicyclic) bond motifs is 6. The fourth-order valence-corrected chi connectivity index (χ4v) is 5.30. The van der Waals surface area contributed by atoms with Gasteiger partial charge in [-0.3, -0.25) is 19.3 Å². The van der Waals surface area contributed by atoms with Gasteiger partial charge in [-0.25, -0.2) is 9.18 Å². The molecule has 1 amide bonds. The summed E-state index contributed by atoms with van der Waals surface area (Å²) in [7, 11) is 1.14. The lowest BCUT2D eigenvalue weighted by Gasteiger charge is -2.46. The zero-order valence-electron chi connectivity index (χ0n) is 21.6. The third-order valence-corrected chi connectivity index (χ3v) is 7.35. The summed E-state index contributed by atoms with van der Waals surface area (Å²) in [6.45, 7) is -0.392. The lowest BCUT2D eigenvalue weighted by atomic mass is 9.96. The molecule has 11 heteroatoms. The van der Waals surface area contributed by atoms with Gasteiger partial charge < -0.3 is 23.8 Å². The third kappa shape index (κ3) is 4.33. The third-order valence-electron chi connectivity index (χ3n) is 7.35. The monoisotopic (exact) mass is 547 g/mol. The van der Waals surface area contributed by atoms with Gasteiger partial charge in [-0.05, 0) is 30.5 Å². The van der Waals surface area contributed by atoms with Crippen molar-refractivity contribution in [2.45, 2.75) is 24.4 Å². The summed E-state index contributed by atoms with van der Waals surface area (Å²) in [6.07, 6.45) is 5.61. The second kappa shape index (κ2) is 10.1. The zero-order chi connectivity index (χ0) is 27.9. The number of para-hydroxylation sites is 1. The molecule has 2 bridgehead atoms. The Morgan fingerprint density at radius 2 is 1.90 bits per heavy atom. The quantitative estimate of drug-likeness (QED) is 0.277. The number of ether oxygens (including phenoxy) is 4. The Hall–Kier alpha value is -4.80. The molecule has 1 fully saturated rings. The number of carbonyl (C=O) groups excluding carboxylic acids is 2. The minimum Gasteiger partial charge on any atom is -0.486 e. The van der Waals surface area contributed by atoms with Crippen molar-refractivity contribution in [1.82, 2.24) is 9.58 Å².